The van der Waals surface area contributed by atoms with Gasteiger partial charge in [-0.3, -0.25) is 0 Å². The Morgan fingerprint density at radius 3 is 3.17 bits per heavy atom. The van der Waals surface area contributed by atoms with Gasteiger partial charge in [-0.05, 0) is 0 Å². The third-order valence-corrected chi connectivity index (χ3v) is 2.38. The second-order valence-corrected chi connectivity index (χ2v) is 3.09. The monoisotopic (exact) mass is 169 g/mol. The molecule has 0 radical (unpaired) electrons. The normalized spacial score (nSPS) is 22.4. The summed E-state index contributed by atoms with van der Waals surface area (Å²) >= 11 is 0. The van der Waals surface area contributed by atoms with Gasteiger partial charge >= 0.3 is 0 Å². The average molecular weight is 169 g/mol. The van der Waals surface area contributed by atoms with Gasteiger partial charge in [0.05, 0.1) is 13.7 Å². The molecule has 4 nitrogen and oxygen atoms in total. The minimum absolute atomic E-state index is 0.587. The molecule has 1 aliphatic rings. The van der Waals surface area contributed by atoms with Crippen LogP contribution in [-0.4, -0.2) is 16.3 Å². The number of hydrogen-bond donors (Lipinski definition) is 1. The molecule has 2 heterocycles. The fourth-order valence-corrected chi connectivity index (χ4v) is 1.57. The zero-order valence-electron chi connectivity index (χ0n) is 7.32. The first-order valence-electron chi connectivity index (χ1n) is 4.05. The van der Waals surface area contributed by atoms with Crippen molar-refractivity contribution in [2.75, 3.05) is 6.61 Å². The lowest BCUT2D eigenvalue weighted by Crippen LogP contribution is -2.30. The molecule has 0 aliphatic carbocycles. The van der Waals surface area contributed by atoms with E-state index in [4.69, 9.17) is 4.74 Å². The zero-order valence-corrected chi connectivity index (χ0v) is 7.32. The number of hydrogen-bond acceptors (Lipinski definition) is 2. The number of nitrogens with zero attached hydrogens (tertiary/aromatic N) is 2. The highest BCUT2D eigenvalue weighted by Gasteiger charge is 2.27. The Hall–Kier alpha value is -0.870. The van der Waals surface area contributed by atoms with Crippen molar-refractivity contribution in [1.82, 2.24) is 4.57 Å². The molecule has 0 fully saturated rings. The molecule has 1 aliphatic heterocycles. The Labute approximate surface area is 71.0 Å². The molecule has 12 heavy (non-hydrogen) atoms. The fraction of sp³-hybridized carbons (Fsp3) is 0.625. The first kappa shape index (κ1) is 7.76. The van der Waals surface area contributed by atoms with Gasteiger partial charge in [0.1, 0.15) is 12.7 Å². The molecule has 0 bridgehead atoms. The number of aliphatic hydroxyl groups excluding tert-OH is 1. The average Bonchev–Trinajstić information content (AvgIpc) is 2.32. The summed E-state index contributed by atoms with van der Waals surface area (Å²) in [5.74, 6) is 1.15. The first-order valence-corrected chi connectivity index (χ1v) is 4.05. The zero-order chi connectivity index (χ0) is 8.72. The minimum atomic E-state index is -0.751. The Morgan fingerprint density at radius 1 is 1.75 bits per heavy atom. The van der Waals surface area contributed by atoms with Crippen molar-refractivity contribution in [3.63, 3.8) is 0 Å². The maximum Gasteiger partial charge on any atom is 0.253 e. The summed E-state index contributed by atoms with van der Waals surface area (Å²) in [6, 6.07) is 0. The molecule has 0 saturated carbocycles. The van der Waals surface area contributed by atoms with Crippen LogP contribution in [0.4, 0.5) is 0 Å². The molecule has 2 rings (SSSR count). The molecule has 1 atom stereocenters. The van der Waals surface area contributed by atoms with Crippen LogP contribution < -0.4 is 4.57 Å². The summed E-state index contributed by atoms with van der Waals surface area (Å²) in [5, 5.41) is 9.44. The molecular formula is C8H13N2O2+. The first-order chi connectivity index (χ1) is 5.70. The second-order valence-electron chi connectivity index (χ2n) is 3.09. The predicted molar refractivity (Wildman–Crippen MR) is 41.3 cm³/mol. The van der Waals surface area contributed by atoms with E-state index in [-0.39, 0.29) is 0 Å². The van der Waals surface area contributed by atoms with Crippen LogP contribution in [0.5, 0.6) is 0 Å². The highest BCUT2D eigenvalue weighted by molar-refractivity contribution is 5.01. The summed E-state index contributed by atoms with van der Waals surface area (Å²) < 4.78 is 9.16. The number of ether oxygens (including phenoxy) is 1. The largest absolute Gasteiger partial charge is 0.361 e. The smallest absolute Gasteiger partial charge is 0.253 e. The lowest BCUT2D eigenvalue weighted by molar-refractivity contribution is -0.677. The maximum atomic E-state index is 9.44. The third kappa shape index (κ3) is 0.956. The van der Waals surface area contributed by atoms with E-state index in [0.717, 1.165) is 18.1 Å². The van der Waals surface area contributed by atoms with Crippen LogP contribution in [0.2, 0.25) is 0 Å². The highest BCUT2D eigenvalue weighted by Crippen LogP contribution is 2.18. The molecular weight excluding hydrogens is 156 g/mol. The summed E-state index contributed by atoms with van der Waals surface area (Å²) in [5.41, 5.74) is 0.848. The molecule has 1 aromatic heterocycles. The van der Waals surface area contributed by atoms with Crippen molar-refractivity contribution in [2.24, 2.45) is 7.05 Å². The lowest BCUT2D eigenvalue weighted by Gasteiger charge is -2.15. The van der Waals surface area contributed by atoms with Crippen LogP contribution in [0, 0.1) is 6.92 Å². The van der Waals surface area contributed by atoms with E-state index in [2.05, 4.69) is 4.57 Å². The SMILES string of the molecule is Cc1n2c(c[n+]1C)C(O)OCC2. The number of fused-ring (bicyclic) bond motifs is 1. The van der Waals surface area contributed by atoms with E-state index in [1.807, 2.05) is 24.7 Å². The van der Waals surface area contributed by atoms with Crippen molar-refractivity contribution in [2.45, 2.75) is 19.8 Å². The fourth-order valence-electron chi connectivity index (χ4n) is 1.57. The van der Waals surface area contributed by atoms with Crippen LogP contribution in [0.25, 0.3) is 0 Å². The molecule has 0 saturated heterocycles. The minimum Gasteiger partial charge on any atom is -0.361 e. The number of rotatable bonds is 0. The van der Waals surface area contributed by atoms with Crippen LogP contribution in [0.3, 0.4) is 0 Å². The number of aliphatic hydroxyl groups is 1. The molecule has 1 N–H and O–H groups in total. The second kappa shape index (κ2) is 2.57. The Balaban J connectivity index is 2.52. The van der Waals surface area contributed by atoms with Gasteiger partial charge in [-0.15, -0.1) is 0 Å². The highest BCUT2D eigenvalue weighted by atomic mass is 16.6. The molecule has 66 valence electrons. The van der Waals surface area contributed by atoms with Crippen LogP contribution in [0.1, 0.15) is 17.8 Å². The van der Waals surface area contributed by atoms with Crippen LogP contribution in [-0.2, 0) is 18.3 Å². The summed E-state index contributed by atoms with van der Waals surface area (Å²) in [6.45, 7) is 3.45. The van der Waals surface area contributed by atoms with E-state index in [1.165, 1.54) is 0 Å². The summed E-state index contributed by atoms with van der Waals surface area (Å²) in [4.78, 5) is 0. The van der Waals surface area contributed by atoms with Gasteiger partial charge in [0.2, 0.25) is 6.29 Å². The van der Waals surface area contributed by atoms with Gasteiger partial charge in [0.25, 0.3) is 5.82 Å². The Morgan fingerprint density at radius 2 is 2.50 bits per heavy atom. The van der Waals surface area contributed by atoms with Crippen molar-refractivity contribution in [3.8, 4) is 0 Å². The van der Waals surface area contributed by atoms with E-state index in [1.54, 1.807) is 0 Å². The van der Waals surface area contributed by atoms with Crippen LogP contribution >= 0.6 is 0 Å². The summed E-state index contributed by atoms with van der Waals surface area (Å²) in [6.07, 6.45) is 1.15. The number of aryl methyl sites for hydroxylation is 1. The molecule has 0 aromatic carbocycles. The molecule has 0 amide bonds. The standard InChI is InChI=1S/C8H13N2O2/c1-6-9(2)5-7-8(11)12-4-3-10(6)7/h5,8,11H,3-4H2,1-2H3/q+1. The van der Waals surface area contributed by atoms with Crippen LogP contribution in [0.15, 0.2) is 6.20 Å². The lowest BCUT2D eigenvalue weighted by atomic mass is 10.4. The topological polar surface area (TPSA) is 38.3 Å². The van der Waals surface area contributed by atoms with Crippen molar-refractivity contribution in [1.29, 1.82) is 0 Å². The van der Waals surface area contributed by atoms with Crippen molar-refractivity contribution >= 4 is 0 Å². The van der Waals surface area contributed by atoms with Crippen molar-refractivity contribution in [3.05, 3.63) is 17.7 Å². The molecule has 0 spiro atoms. The molecule has 1 aromatic rings. The Bertz CT molecular complexity index is 306. The van der Waals surface area contributed by atoms with Crippen molar-refractivity contribution < 1.29 is 14.4 Å². The van der Waals surface area contributed by atoms with Gasteiger partial charge < -0.3 is 9.84 Å². The molecule has 1 unspecified atom stereocenters. The van der Waals surface area contributed by atoms with Gasteiger partial charge in [0, 0.05) is 6.92 Å². The van der Waals surface area contributed by atoms with E-state index >= 15 is 0 Å². The third-order valence-electron chi connectivity index (χ3n) is 2.38. The van der Waals surface area contributed by atoms with Gasteiger partial charge in [-0.25, -0.2) is 9.13 Å². The van der Waals surface area contributed by atoms with E-state index in [9.17, 15) is 5.11 Å². The number of aromatic nitrogens is 2. The van der Waals surface area contributed by atoms with Gasteiger partial charge in [0.15, 0.2) is 5.69 Å². The van der Waals surface area contributed by atoms with Gasteiger partial charge in [-0.2, -0.15) is 0 Å². The maximum absolute atomic E-state index is 9.44. The Kier molecular flexibility index (Phi) is 1.66. The molecule has 4 heteroatoms. The van der Waals surface area contributed by atoms with Gasteiger partial charge in [-0.1, -0.05) is 0 Å². The predicted octanol–water partition coefficient (Wildman–Crippen LogP) is -0.358. The van der Waals surface area contributed by atoms with E-state index < -0.39 is 6.29 Å². The summed E-state index contributed by atoms with van der Waals surface area (Å²) in [7, 11) is 1.97. The number of imidazole rings is 1. The quantitative estimate of drug-likeness (QED) is 0.539. The van der Waals surface area contributed by atoms with E-state index in [0.29, 0.717) is 6.61 Å².